The zero-order valence-electron chi connectivity index (χ0n) is 12.8. The molecule has 0 aliphatic heterocycles. The van der Waals surface area contributed by atoms with Crippen molar-refractivity contribution in [2.24, 2.45) is 5.73 Å². The average Bonchev–Trinajstić information content (AvgIpc) is 2.72. The lowest BCUT2D eigenvalue weighted by Crippen LogP contribution is -2.20. The van der Waals surface area contributed by atoms with E-state index in [2.05, 4.69) is 34.6 Å². The Balaban J connectivity index is 2.36. The van der Waals surface area contributed by atoms with Gasteiger partial charge in [0.25, 0.3) is 0 Å². The van der Waals surface area contributed by atoms with Crippen LogP contribution in [0.25, 0.3) is 11.0 Å². The molecule has 0 saturated heterocycles. The van der Waals surface area contributed by atoms with Crippen LogP contribution in [0, 0.1) is 0 Å². The molecule has 1 aromatic carbocycles. The molecule has 5 nitrogen and oxygen atoms in total. The number of likely N-dealkylation sites (N-methyl/N-ethyl adjacent to an activating group) is 1. The highest BCUT2D eigenvalue weighted by molar-refractivity contribution is 5.77. The second-order valence-electron chi connectivity index (χ2n) is 5.50. The number of aromatic nitrogens is 2. The van der Waals surface area contributed by atoms with Crippen LogP contribution >= 0.6 is 0 Å². The van der Waals surface area contributed by atoms with Gasteiger partial charge in [0.15, 0.2) is 0 Å². The minimum absolute atomic E-state index is 0.164. The average molecular weight is 276 g/mol. The minimum Gasteiger partial charge on any atom is -0.491 e. The molecule has 0 spiro atoms. The molecular weight excluding hydrogens is 252 g/mol. The lowest BCUT2D eigenvalue weighted by molar-refractivity contribution is 0.242. The van der Waals surface area contributed by atoms with Crippen molar-refractivity contribution in [1.82, 2.24) is 14.5 Å². The third-order valence-electron chi connectivity index (χ3n) is 3.12. The van der Waals surface area contributed by atoms with E-state index in [9.17, 15) is 0 Å². The Morgan fingerprint density at radius 3 is 2.70 bits per heavy atom. The van der Waals surface area contributed by atoms with Crippen molar-refractivity contribution in [2.45, 2.75) is 33.0 Å². The zero-order chi connectivity index (χ0) is 14.7. The molecule has 0 radical (unpaired) electrons. The first-order valence-corrected chi connectivity index (χ1v) is 7.02. The molecule has 0 aliphatic carbocycles. The second-order valence-corrected chi connectivity index (χ2v) is 5.50. The van der Waals surface area contributed by atoms with Crippen LogP contribution in [0.4, 0.5) is 0 Å². The van der Waals surface area contributed by atoms with Crippen LogP contribution in [0.2, 0.25) is 0 Å². The summed E-state index contributed by atoms with van der Waals surface area (Å²) < 4.78 is 7.90. The molecule has 0 aliphatic rings. The number of ether oxygens (including phenoxy) is 1. The maximum atomic E-state index is 5.81. The van der Waals surface area contributed by atoms with Crippen LogP contribution in [0.15, 0.2) is 18.2 Å². The van der Waals surface area contributed by atoms with Gasteiger partial charge in [0.05, 0.1) is 23.7 Å². The Labute approximate surface area is 120 Å². The largest absolute Gasteiger partial charge is 0.491 e. The number of benzene rings is 1. The second kappa shape index (κ2) is 6.24. The van der Waals surface area contributed by atoms with E-state index in [1.54, 1.807) is 0 Å². The summed E-state index contributed by atoms with van der Waals surface area (Å²) in [4.78, 5) is 6.77. The molecule has 2 N–H and O–H groups in total. The lowest BCUT2D eigenvalue weighted by atomic mass is 10.3. The molecule has 0 fully saturated rings. The molecule has 0 saturated carbocycles. The zero-order valence-corrected chi connectivity index (χ0v) is 12.8. The van der Waals surface area contributed by atoms with Crippen molar-refractivity contribution >= 4 is 11.0 Å². The van der Waals surface area contributed by atoms with E-state index >= 15 is 0 Å². The molecule has 0 amide bonds. The summed E-state index contributed by atoms with van der Waals surface area (Å²) in [5, 5.41) is 0. The monoisotopic (exact) mass is 276 g/mol. The van der Waals surface area contributed by atoms with E-state index in [1.807, 2.05) is 26.0 Å². The van der Waals surface area contributed by atoms with Crippen LogP contribution in [0.1, 0.15) is 19.7 Å². The van der Waals surface area contributed by atoms with Crippen LogP contribution < -0.4 is 10.5 Å². The van der Waals surface area contributed by atoms with Gasteiger partial charge < -0.3 is 19.9 Å². The third kappa shape index (κ3) is 3.29. The molecule has 1 heterocycles. The Morgan fingerprint density at radius 1 is 1.35 bits per heavy atom. The van der Waals surface area contributed by atoms with Crippen molar-refractivity contribution in [2.75, 3.05) is 20.6 Å². The smallest absolute Gasteiger partial charge is 0.123 e. The summed E-state index contributed by atoms with van der Waals surface area (Å²) in [5.41, 5.74) is 7.87. The molecule has 2 aromatic rings. The molecule has 110 valence electrons. The Bertz CT molecular complexity index is 575. The summed E-state index contributed by atoms with van der Waals surface area (Å²) in [6.07, 6.45) is 0.164. The van der Waals surface area contributed by atoms with Crippen molar-refractivity contribution in [1.29, 1.82) is 0 Å². The SMILES string of the molecule is CC(C)Oc1ccc2c(c1)nc(CN)n2CCN(C)C. The van der Waals surface area contributed by atoms with E-state index in [0.29, 0.717) is 6.54 Å². The predicted octanol–water partition coefficient (Wildman–Crippen LogP) is 1.84. The highest BCUT2D eigenvalue weighted by Crippen LogP contribution is 2.22. The maximum Gasteiger partial charge on any atom is 0.123 e. The molecule has 0 unspecified atom stereocenters. The first-order valence-electron chi connectivity index (χ1n) is 7.02. The van der Waals surface area contributed by atoms with Gasteiger partial charge in [-0.05, 0) is 40.1 Å². The van der Waals surface area contributed by atoms with Crippen molar-refractivity contribution in [3.05, 3.63) is 24.0 Å². The van der Waals surface area contributed by atoms with Gasteiger partial charge in [0.1, 0.15) is 11.6 Å². The molecular formula is C15H24N4O. The molecule has 20 heavy (non-hydrogen) atoms. The van der Waals surface area contributed by atoms with Gasteiger partial charge in [0, 0.05) is 19.2 Å². The number of imidazole rings is 1. The summed E-state index contributed by atoms with van der Waals surface area (Å²) in [5.74, 6) is 1.77. The van der Waals surface area contributed by atoms with E-state index in [0.717, 1.165) is 35.7 Å². The summed E-state index contributed by atoms with van der Waals surface area (Å²) >= 11 is 0. The van der Waals surface area contributed by atoms with Crippen LogP contribution in [-0.4, -0.2) is 41.2 Å². The third-order valence-corrected chi connectivity index (χ3v) is 3.12. The van der Waals surface area contributed by atoms with Gasteiger partial charge in [-0.3, -0.25) is 0 Å². The van der Waals surface area contributed by atoms with Crippen molar-refractivity contribution in [3.8, 4) is 5.75 Å². The Kier molecular flexibility index (Phi) is 4.62. The van der Waals surface area contributed by atoms with Gasteiger partial charge in [-0.1, -0.05) is 0 Å². The number of hydrogen-bond donors (Lipinski definition) is 1. The van der Waals surface area contributed by atoms with Gasteiger partial charge in [-0.15, -0.1) is 0 Å². The van der Waals surface area contributed by atoms with Crippen LogP contribution in [0.3, 0.4) is 0 Å². The van der Waals surface area contributed by atoms with E-state index in [4.69, 9.17) is 10.5 Å². The van der Waals surface area contributed by atoms with E-state index < -0.39 is 0 Å². The fourth-order valence-electron chi connectivity index (χ4n) is 2.21. The van der Waals surface area contributed by atoms with E-state index in [-0.39, 0.29) is 6.10 Å². The number of hydrogen-bond acceptors (Lipinski definition) is 4. The van der Waals surface area contributed by atoms with Gasteiger partial charge >= 0.3 is 0 Å². The first kappa shape index (κ1) is 14.8. The highest BCUT2D eigenvalue weighted by atomic mass is 16.5. The molecule has 2 rings (SSSR count). The topological polar surface area (TPSA) is 56.3 Å². The summed E-state index contributed by atoms with van der Waals surface area (Å²) in [6.45, 7) is 6.34. The molecule has 5 heteroatoms. The highest BCUT2D eigenvalue weighted by Gasteiger charge is 2.11. The maximum absolute atomic E-state index is 5.81. The quantitative estimate of drug-likeness (QED) is 0.874. The lowest BCUT2D eigenvalue weighted by Gasteiger charge is -2.13. The predicted molar refractivity (Wildman–Crippen MR) is 81.9 cm³/mol. The first-order chi connectivity index (χ1) is 9.51. The van der Waals surface area contributed by atoms with Crippen LogP contribution in [0.5, 0.6) is 5.75 Å². The van der Waals surface area contributed by atoms with Gasteiger partial charge in [-0.25, -0.2) is 4.98 Å². The van der Waals surface area contributed by atoms with Gasteiger partial charge in [0.2, 0.25) is 0 Å². The molecule has 1 aromatic heterocycles. The summed E-state index contributed by atoms with van der Waals surface area (Å²) in [7, 11) is 4.13. The molecule has 0 bridgehead atoms. The van der Waals surface area contributed by atoms with Crippen molar-refractivity contribution < 1.29 is 4.74 Å². The number of fused-ring (bicyclic) bond motifs is 1. The summed E-state index contributed by atoms with van der Waals surface area (Å²) in [6, 6.07) is 6.05. The van der Waals surface area contributed by atoms with Crippen molar-refractivity contribution in [3.63, 3.8) is 0 Å². The Hall–Kier alpha value is -1.59. The normalized spacial score (nSPS) is 11.8. The van der Waals surface area contributed by atoms with Gasteiger partial charge in [-0.2, -0.15) is 0 Å². The standard InChI is InChI=1S/C15H24N4O/c1-11(2)20-12-5-6-14-13(9-12)17-15(10-16)19(14)8-7-18(3)4/h5-6,9,11H,7-8,10,16H2,1-4H3. The fraction of sp³-hybridized carbons (Fsp3) is 0.533. The van der Waals surface area contributed by atoms with E-state index in [1.165, 1.54) is 0 Å². The Morgan fingerprint density at radius 2 is 2.10 bits per heavy atom. The number of nitrogens with two attached hydrogens (primary N) is 1. The van der Waals surface area contributed by atoms with Crippen LogP contribution in [-0.2, 0) is 13.1 Å². The fourth-order valence-corrected chi connectivity index (χ4v) is 2.21. The minimum atomic E-state index is 0.164. The number of rotatable bonds is 6. The molecule has 0 atom stereocenters. The number of nitrogens with zero attached hydrogens (tertiary/aromatic N) is 3.